The second-order valence-corrected chi connectivity index (χ2v) is 16.2. The van der Waals surface area contributed by atoms with E-state index in [2.05, 4.69) is 37.3 Å². The number of carbonyl (C=O) groups excluding carboxylic acids is 4. The number of ether oxygens (including phenoxy) is 2. The van der Waals surface area contributed by atoms with Crippen LogP contribution in [-0.2, 0) is 29.1 Å². The summed E-state index contributed by atoms with van der Waals surface area (Å²) in [6.45, 7) is 9.10. The first-order valence-corrected chi connectivity index (χ1v) is 17.9. The van der Waals surface area contributed by atoms with Gasteiger partial charge in [0.25, 0.3) is 5.91 Å². The standard InChI is InChI=1S/C32H42N8O8S/c1-6-19-16-32(19,29(43)37-49(45,46)23-13-14-23)34-27(41)24-15-20(40-36-26(35-38-40)18-7-9-21(47-5)10-8-18)17-39(24)28(42)25(31(2,3)4)33-30(44)48-22-11-12-22/h6-10,19-20,22-25H,1,11-17H2,2-5H3,(H,33,44)(H,34,41)(H,37,43)/t19-,20-,24+,25-,32-/m1/s1. The third-order valence-corrected chi connectivity index (χ3v) is 11.2. The van der Waals surface area contributed by atoms with Gasteiger partial charge in [-0.05, 0) is 67.0 Å². The van der Waals surface area contributed by atoms with Crippen molar-refractivity contribution in [3.63, 3.8) is 0 Å². The van der Waals surface area contributed by atoms with Crippen molar-refractivity contribution in [1.82, 2.24) is 40.5 Å². The van der Waals surface area contributed by atoms with Crippen molar-refractivity contribution in [3.05, 3.63) is 36.9 Å². The van der Waals surface area contributed by atoms with Gasteiger partial charge in [-0.15, -0.1) is 16.8 Å². The Morgan fingerprint density at radius 1 is 1.10 bits per heavy atom. The van der Waals surface area contributed by atoms with E-state index in [0.717, 1.165) is 12.8 Å². The van der Waals surface area contributed by atoms with Crippen molar-refractivity contribution in [2.45, 2.75) is 94.3 Å². The Kier molecular flexibility index (Phi) is 8.92. The lowest BCUT2D eigenvalue weighted by atomic mass is 9.85. The van der Waals surface area contributed by atoms with Gasteiger partial charge in [-0.2, -0.15) is 4.80 Å². The number of rotatable bonds is 12. The number of benzene rings is 1. The Morgan fingerprint density at radius 2 is 1.80 bits per heavy atom. The van der Waals surface area contributed by atoms with Crippen molar-refractivity contribution < 1.29 is 37.1 Å². The van der Waals surface area contributed by atoms with Crippen LogP contribution in [0.2, 0.25) is 0 Å². The van der Waals surface area contributed by atoms with Crippen molar-refractivity contribution in [2.75, 3.05) is 13.7 Å². The Hall–Kier alpha value is -4.54. The minimum Gasteiger partial charge on any atom is -0.497 e. The molecular formula is C32H42N8O8S. The van der Waals surface area contributed by atoms with Gasteiger partial charge < -0.3 is 25.0 Å². The van der Waals surface area contributed by atoms with Crippen LogP contribution < -0.4 is 20.1 Å². The van der Waals surface area contributed by atoms with Crippen LogP contribution in [0.15, 0.2) is 36.9 Å². The number of hydrogen-bond donors (Lipinski definition) is 3. The monoisotopic (exact) mass is 698 g/mol. The molecule has 17 heteroatoms. The molecule has 0 unspecified atom stereocenters. The summed E-state index contributed by atoms with van der Waals surface area (Å²) in [5.74, 6) is -1.58. The highest BCUT2D eigenvalue weighted by molar-refractivity contribution is 7.91. The van der Waals surface area contributed by atoms with Gasteiger partial charge in [-0.3, -0.25) is 19.1 Å². The van der Waals surface area contributed by atoms with Crippen LogP contribution in [0.3, 0.4) is 0 Å². The summed E-state index contributed by atoms with van der Waals surface area (Å²) < 4.78 is 38.0. The zero-order chi connectivity index (χ0) is 35.3. The maximum Gasteiger partial charge on any atom is 0.408 e. The molecule has 1 aromatic carbocycles. The molecule has 3 aliphatic carbocycles. The molecular weight excluding hydrogens is 656 g/mol. The second kappa shape index (κ2) is 12.7. The molecule has 4 fully saturated rings. The Bertz CT molecular complexity index is 1750. The maximum atomic E-state index is 14.3. The van der Waals surface area contributed by atoms with Crippen LogP contribution in [0, 0.1) is 11.3 Å². The molecule has 49 heavy (non-hydrogen) atoms. The molecule has 3 saturated carbocycles. The van der Waals surface area contributed by atoms with Crippen molar-refractivity contribution in [2.24, 2.45) is 11.3 Å². The highest BCUT2D eigenvalue weighted by Gasteiger charge is 2.62. The van der Waals surface area contributed by atoms with E-state index < -0.39 is 74.1 Å². The SMILES string of the molecule is C=C[C@@H]1C[C@]1(NC(=O)[C@@H]1C[C@@H](n2nnc(-c3ccc(OC)cc3)n2)CN1C(=O)[C@@H](NC(=O)OC1CC1)C(C)(C)C)C(=O)NS(=O)(=O)C1CC1. The highest BCUT2D eigenvalue weighted by Crippen LogP contribution is 2.46. The van der Waals surface area contributed by atoms with E-state index >= 15 is 0 Å². The van der Waals surface area contributed by atoms with Gasteiger partial charge in [0.1, 0.15) is 29.5 Å². The summed E-state index contributed by atoms with van der Waals surface area (Å²) in [7, 11) is -2.33. The molecule has 1 aliphatic heterocycles. The van der Waals surface area contributed by atoms with Crippen molar-refractivity contribution in [3.8, 4) is 17.1 Å². The smallest absolute Gasteiger partial charge is 0.408 e. The minimum atomic E-state index is -3.89. The fourth-order valence-corrected chi connectivity index (χ4v) is 7.40. The van der Waals surface area contributed by atoms with Gasteiger partial charge in [-0.25, -0.2) is 13.2 Å². The van der Waals surface area contributed by atoms with Crippen LogP contribution >= 0.6 is 0 Å². The molecule has 6 rings (SSSR count). The molecule has 0 radical (unpaired) electrons. The molecule has 5 atom stereocenters. The second-order valence-electron chi connectivity index (χ2n) is 14.3. The fraction of sp³-hybridized carbons (Fsp3) is 0.594. The molecule has 0 spiro atoms. The third kappa shape index (κ3) is 7.26. The van der Waals surface area contributed by atoms with Gasteiger partial charge in [-0.1, -0.05) is 26.8 Å². The first-order valence-electron chi connectivity index (χ1n) is 16.4. The zero-order valence-electron chi connectivity index (χ0n) is 27.9. The third-order valence-electron chi connectivity index (χ3n) is 9.39. The summed E-state index contributed by atoms with van der Waals surface area (Å²) in [4.78, 5) is 57.3. The van der Waals surface area contributed by atoms with E-state index in [1.165, 1.54) is 15.8 Å². The average Bonchev–Trinajstić information content (AvgIpc) is 4.01. The number of tetrazole rings is 1. The maximum absolute atomic E-state index is 14.3. The number of nitrogens with one attached hydrogen (secondary N) is 3. The summed E-state index contributed by atoms with van der Waals surface area (Å²) in [6, 6.07) is 4.27. The molecule has 1 aromatic heterocycles. The van der Waals surface area contributed by atoms with Crippen LogP contribution in [0.4, 0.5) is 4.79 Å². The quantitative estimate of drug-likeness (QED) is 0.271. The number of hydrogen-bond acceptors (Lipinski definition) is 11. The summed E-state index contributed by atoms with van der Waals surface area (Å²) >= 11 is 0. The van der Waals surface area contributed by atoms with Gasteiger partial charge in [0, 0.05) is 24.4 Å². The molecule has 4 aliphatic rings. The number of amides is 4. The van der Waals surface area contributed by atoms with Crippen molar-refractivity contribution in [1.29, 1.82) is 0 Å². The Balaban J connectivity index is 1.27. The predicted octanol–water partition coefficient (Wildman–Crippen LogP) is 1.46. The normalized spacial score (nSPS) is 25.6. The number of carbonyl (C=O) groups is 4. The molecule has 1 saturated heterocycles. The zero-order valence-corrected chi connectivity index (χ0v) is 28.7. The lowest BCUT2D eigenvalue weighted by Crippen LogP contribution is -2.60. The Labute approximate surface area is 284 Å². The first-order chi connectivity index (χ1) is 23.1. The molecule has 2 aromatic rings. The van der Waals surface area contributed by atoms with E-state index in [9.17, 15) is 27.6 Å². The molecule has 264 valence electrons. The van der Waals surface area contributed by atoms with Gasteiger partial charge >= 0.3 is 6.09 Å². The number of aromatic nitrogens is 4. The summed E-state index contributed by atoms with van der Waals surface area (Å²) in [6.07, 6.45) is 3.20. The first kappa shape index (κ1) is 34.3. The van der Waals surface area contributed by atoms with E-state index in [1.54, 1.807) is 52.1 Å². The molecule has 2 heterocycles. The van der Waals surface area contributed by atoms with Crippen LogP contribution in [-0.4, -0.2) is 100.0 Å². The topological polar surface area (TPSA) is 204 Å². The van der Waals surface area contributed by atoms with E-state index in [0.29, 0.717) is 30.0 Å². The number of alkyl carbamates (subject to hydrolysis) is 1. The lowest BCUT2D eigenvalue weighted by Gasteiger charge is -2.35. The van der Waals surface area contributed by atoms with Gasteiger partial charge in [0.05, 0.1) is 18.4 Å². The molecule has 0 bridgehead atoms. The van der Waals surface area contributed by atoms with Crippen LogP contribution in [0.5, 0.6) is 5.75 Å². The van der Waals surface area contributed by atoms with Gasteiger partial charge in [0.2, 0.25) is 27.7 Å². The van der Waals surface area contributed by atoms with Crippen LogP contribution in [0.1, 0.15) is 65.3 Å². The number of likely N-dealkylation sites (tertiary alicyclic amines) is 1. The summed E-state index contributed by atoms with van der Waals surface area (Å²) in [5, 5.41) is 17.8. The number of methoxy groups -OCH3 is 1. The van der Waals surface area contributed by atoms with E-state index in [1.807, 2.05) is 0 Å². The average molecular weight is 699 g/mol. The number of nitrogens with zero attached hydrogens (tertiary/aromatic N) is 5. The lowest BCUT2D eigenvalue weighted by molar-refractivity contribution is -0.142. The minimum absolute atomic E-state index is 0.0125. The summed E-state index contributed by atoms with van der Waals surface area (Å²) in [5.41, 5.74) is -1.65. The Morgan fingerprint density at radius 3 is 2.37 bits per heavy atom. The molecule has 4 amide bonds. The van der Waals surface area contributed by atoms with Crippen molar-refractivity contribution >= 4 is 33.8 Å². The van der Waals surface area contributed by atoms with E-state index in [-0.39, 0.29) is 25.5 Å². The van der Waals surface area contributed by atoms with E-state index in [4.69, 9.17) is 9.47 Å². The van der Waals surface area contributed by atoms with Crippen LogP contribution in [0.25, 0.3) is 11.4 Å². The molecule has 16 nitrogen and oxygen atoms in total. The molecule has 3 N–H and O–H groups in total. The largest absolute Gasteiger partial charge is 0.497 e. The fourth-order valence-electron chi connectivity index (χ4n) is 6.03. The predicted molar refractivity (Wildman–Crippen MR) is 174 cm³/mol. The van der Waals surface area contributed by atoms with Gasteiger partial charge in [0.15, 0.2) is 0 Å². The number of sulfonamides is 1. The highest BCUT2D eigenvalue weighted by atomic mass is 32.2.